The van der Waals surface area contributed by atoms with Crippen LogP contribution in [0.1, 0.15) is 91.4 Å². The Hall–Kier alpha value is -6.39. The number of thioether (sulfide) groups is 2. The van der Waals surface area contributed by atoms with E-state index in [1.54, 1.807) is 0 Å². The molecule has 2 heterocycles. The maximum Gasteiger partial charge on any atom is 0.335 e. The first-order valence-corrected chi connectivity index (χ1v) is 25.5. The van der Waals surface area contributed by atoms with E-state index >= 15 is 0 Å². The standard InChI is InChI=1S/C47H64N2O24S2/c1-24(50)64-22-35-39(66-26(3)52)41(68-28(5)54)43(70-30(7)56)46(72-35)74-17-11-37(58)48-13-9-15-62-33-19-32(45(60)61)20-34(21-33)63-16-10-14-49-38(59)12-18-75-47-44(71-31(8)57)42(69-29(6)55)40(67-27(4)53)36(73-47)23-65-25(2)51/h19-21,35-36,39-44,46-47H,9-18,22-23H2,1-8H3,(H,48,58)(H,49,59)(H,60,61)/t35-,36-,39-,40-,41+,42+,43-,44-,46+,47+/m1/s1. The average Bonchev–Trinajstić information content (AvgIpc) is 3.30. The minimum absolute atomic E-state index is 0.0401. The first-order chi connectivity index (χ1) is 35.4. The molecule has 2 aliphatic heterocycles. The van der Waals surface area contributed by atoms with E-state index in [-0.39, 0.29) is 79.5 Å². The van der Waals surface area contributed by atoms with E-state index in [2.05, 4.69) is 10.6 Å². The van der Waals surface area contributed by atoms with Gasteiger partial charge in [0.1, 0.15) is 47.8 Å². The summed E-state index contributed by atoms with van der Waals surface area (Å²) < 4.78 is 66.3. The summed E-state index contributed by atoms with van der Waals surface area (Å²) in [5.74, 6) is -7.28. The molecule has 0 spiro atoms. The minimum atomic E-state index is -1.34. The summed E-state index contributed by atoms with van der Waals surface area (Å²) >= 11 is 2.10. The topological polar surface area (TPSA) is 343 Å². The summed E-state index contributed by atoms with van der Waals surface area (Å²) in [5.41, 5.74) is -2.21. The number of carboxylic acids is 1. The molecule has 1 aromatic carbocycles. The fourth-order valence-electron chi connectivity index (χ4n) is 7.20. The van der Waals surface area contributed by atoms with E-state index in [9.17, 15) is 57.8 Å². The summed E-state index contributed by atoms with van der Waals surface area (Å²) in [6.45, 7) is 8.70. The Bertz CT molecular complexity index is 2040. The van der Waals surface area contributed by atoms with Crippen LogP contribution in [0.25, 0.3) is 0 Å². The lowest BCUT2D eigenvalue weighted by atomic mass is 9.99. The van der Waals surface area contributed by atoms with Crippen molar-refractivity contribution in [3.63, 3.8) is 0 Å². The molecule has 28 heteroatoms. The van der Waals surface area contributed by atoms with Crippen LogP contribution in [0.15, 0.2) is 18.2 Å². The Morgan fingerprint density at radius 1 is 0.480 bits per heavy atom. The highest BCUT2D eigenvalue weighted by Gasteiger charge is 2.53. The van der Waals surface area contributed by atoms with Gasteiger partial charge in [0, 0.05) is 98.9 Å². The minimum Gasteiger partial charge on any atom is -0.493 e. The van der Waals surface area contributed by atoms with Crippen LogP contribution in [0.5, 0.6) is 11.5 Å². The largest absolute Gasteiger partial charge is 0.493 e. The van der Waals surface area contributed by atoms with Crippen molar-refractivity contribution in [2.24, 2.45) is 0 Å². The van der Waals surface area contributed by atoms with Crippen LogP contribution in [-0.4, -0.2) is 181 Å². The Labute approximate surface area is 440 Å². The van der Waals surface area contributed by atoms with E-state index in [0.29, 0.717) is 12.8 Å². The number of hydrogen-bond acceptors (Lipinski definition) is 25. The van der Waals surface area contributed by atoms with Crippen molar-refractivity contribution in [1.82, 2.24) is 10.6 Å². The number of esters is 8. The normalized spacial score (nSPS) is 22.9. The Morgan fingerprint density at radius 3 is 1.13 bits per heavy atom. The predicted octanol–water partition coefficient (Wildman–Crippen LogP) is 1.57. The molecule has 0 saturated carbocycles. The van der Waals surface area contributed by atoms with Crippen molar-refractivity contribution < 1.29 is 115 Å². The van der Waals surface area contributed by atoms with Gasteiger partial charge in [0.15, 0.2) is 36.6 Å². The first kappa shape index (κ1) is 62.9. The summed E-state index contributed by atoms with van der Waals surface area (Å²) in [6.07, 6.45) is -9.56. The lowest BCUT2D eigenvalue weighted by Crippen LogP contribution is -2.61. The highest BCUT2D eigenvalue weighted by Crippen LogP contribution is 2.36. The summed E-state index contributed by atoms with van der Waals surface area (Å²) in [7, 11) is 0. The molecule has 1 aromatic rings. The second-order valence-corrected chi connectivity index (χ2v) is 18.9. The summed E-state index contributed by atoms with van der Waals surface area (Å²) in [5, 5.41) is 15.2. The van der Waals surface area contributed by atoms with Gasteiger partial charge >= 0.3 is 53.7 Å². The van der Waals surface area contributed by atoms with Crippen LogP contribution in [0.2, 0.25) is 0 Å². The molecule has 3 N–H and O–H groups in total. The van der Waals surface area contributed by atoms with Crippen molar-refractivity contribution in [1.29, 1.82) is 0 Å². The van der Waals surface area contributed by atoms with Gasteiger partial charge in [-0.2, -0.15) is 0 Å². The van der Waals surface area contributed by atoms with Crippen molar-refractivity contribution in [2.75, 3.05) is 51.0 Å². The molecule has 26 nitrogen and oxygen atoms in total. The fourth-order valence-corrected chi connectivity index (χ4v) is 9.51. The fraction of sp³-hybridized carbons (Fsp3) is 0.638. The van der Waals surface area contributed by atoms with Gasteiger partial charge in [0.2, 0.25) is 11.8 Å². The van der Waals surface area contributed by atoms with Gasteiger partial charge in [-0.05, 0) is 25.0 Å². The van der Waals surface area contributed by atoms with Crippen LogP contribution < -0.4 is 20.1 Å². The second kappa shape index (κ2) is 32.1. The second-order valence-electron chi connectivity index (χ2n) is 16.5. The van der Waals surface area contributed by atoms with Gasteiger partial charge in [0.25, 0.3) is 0 Å². The average molecular weight is 1110 g/mol. The predicted molar refractivity (Wildman–Crippen MR) is 258 cm³/mol. The third-order valence-electron chi connectivity index (χ3n) is 10.1. The number of carbonyl (C=O) groups excluding carboxylic acids is 10. The molecular formula is C47H64N2O24S2. The van der Waals surface area contributed by atoms with Gasteiger partial charge in [-0.3, -0.25) is 47.9 Å². The molecule has 0 aliphatic carbocycles. The van der Waals surface area contributed by atoms with E-state index in [4.69, 9.17) is 56.8 Å². The van der Waals surface area contributed by atoms with Crippen LogP contribution in [0.3, 0.4) is 0 Å². The van der Waals surface area contributed by atoms with E-state index in [1.807, 2.05) is 0 Å². The number of hydrogen-bond donors (Lipinski definition) is 3. The lowest BCUT2D eigenvalue weighted by Gasteiger charge is -2.44. The quantitative estimate of drug-likeness (QED) is 0.0582. The molecule has 10 atom stereocenters. The van der Waals surface area contributed by atoms with Crippen molar-refractivity contribution in [3.8, 4) is 11.5 Å². The monoisotopic (exact) mass is 1100 g/mol. The molecule has 0 bridgehead atoms. The van der Waals surface area contributed by atoms with Crippen LogP contribution >= 0.6 is 23.5 Å². The highest BCUT2D eigenvalue weighted by atomic mass is 32.2. The van der Waals surface area contributed by atoms with E-state index < -0.39 is 127 Å². The Morgan fingerprint density at radius 2 is 0.813 bits per heavy atom. The Kier molecular flexibility index (Phi) is 27.0. The molecule has 3 rings (SSSR count). The smallest absolute Gasteiger partial charge is 0.335 e. The first-order valence-electron chi connectivity index (χ1n) is 23.5. The number of ether oxygens (including phenoxy) is 12. The van der Waals surface area contributed by atoms with Gasteiger partial charge in [-0.1, -0.05) is 0 Å². The maximum atomic E-state index is 12.8. The summed E-state index contributed by atoms with van der Waals surface area (Å²) in [6, 6.07) is 4.09. The van der Waals surface area contributed by atoms with Crippen LogP contribution in [0.4, 0.5) is 0 Å². The van der Waals surface area contributed by atoms with Gasteiger partial charge in [-0.15, -0.1) is 23.5 Å². The maximum absolute atomic E-state index is 12.8. The molecule has 0 radical (unpaired) electrons. The number of rotatable bonds is 29. The van der Waals surface area contributed by atoms with Crippen LogP contribution in [-0.2, 0) is 95.3 Å². The SMILES string of the molecule is CC(=O)OC[C@H]1O[C@@H](SCCC(=O)NCCCOc2cc(OCCCNC(=O)CCS[C@@H]3O[C@H](COC(C)=O)[C@@H](OC(C)=O)[C@H](OC(C)=O)[C@H]3OC(C)=O)cc(C(=O)O)c2)[C@H](OC(C)=O)[C@@H](OC(C)=O)[C@@H]1OC(C)=O. The molecule has 2 aliphatic rings. The number of benzene rings is 1. The zero-order valence-electron chi connectivity index (χ0n) is 42.6. The molecule has 2 amide bonds. The molecule has 418 valence electrons. The van der Waals surface area contributed by atoms with Gasteiger partial charge in [-0.25, -0.2) is 4.79 Å². The van der Waals surface area contributed by atoms with Crippen LogP contribution in [0, 0.1) is 0 Å². The van der Waals surface area contributed by atoms with Gasteiger partial charge in [0.05, 0.1) is 18.8 Å². The number of carboxylic acid groups (broad SMARTS) is 1. The van der Waals surface area contributed by atoms with Crippen molar-refractivity contribution in [2.45, 2.75) is 141 Å². The molecule has 0 unspecified atom stereocenters. The van der Waals surface area contributed by atoms with Crippen molar-refractivity contribution in [3.05, 3.63) is 23.8 Å². The van der Waals surface area contributed by atoms with Crippen molar-refractivity contribution >= 4 is 89.1 Å². The molecule has 2 saturated heterocycles. The van der Waals surface area contributed by atoms with E-state index in [1.165, 1.54) is 18.2 Å². The molecule has 75 heavy (non-hydrogen) atoms. The third-order valence-corrected chi connectivity index (χ3v) is 12.4. The number of carbonyl (C=O) groups is 11. The zero-order valence-corrected chi connectivity index (χ0v) is 44.3. The number of nitrogens with one attached hydrogen (secondary N) is 2. The lowest BCUT2D eigenvalue weighted by molar-refractivity contribution is -0.237. The molecule has 2 fully saturated rings. The highest BCUT2D eigenvalue weighted by molar-refractivity contribution is 8.00. The Balaban J connectivity index is 1.47. The van der Waals surface area contributed by atoms with Gasteiger partial charge < -0.3 is 72.6 Å². The number of amides is 2. The molecule has 0 aromatic heterocycles. The summed E-state index contributed by atoms with van der Waals surface area (Å²) in [4.78, 5) is 133. The number of aromatic carboxylic acids is 1. The van der Waals surface area contributed by atoms with E-state index in [0.717, 1.165) is 78.9 Å². The molecular weight excluding hydrogens is 1040 g/mol. The third kappa shape index (κ3) is 23.4. The zero-order chi connectivity index (χ0) is 55.8.